The molecule has 25 heavy (non-hydrogen) atoms. The van der Waals surface area contributed by atoms with Crippen LogP contribution >= 0.6 is 11.6 Å². The third-order valence-electron chi connectivity index (χ3n) is 3.55. The molecule has 0 atom stereocenters. The second-order valence-electron chi connectivity index (χ2n) is 5.10. The molecule has 0 unspecified atom stereocenters. The van der Waals surface area contributed by atoms with Crippen molar-refractivity contribution in [2.45, 2.75) is 13.3 Å². The molecule has 0 aliphatic rings. The number of hydrogen-bond acceptors (Lipinski definition) is 4. The zero-order valence-corrected chi connectivity index (χ0v) is 15.1. The van der Waals surface area contributed by atoms with Crippen LogP contribution < -0.4 is 9.47 Å². The Morgan fingerprint density at radius 1 is 1.12 bits per heavy atom. The summed E-state index contributed by atoms with van der Waals surface area (Å²) in [7, 11) is 3.07. The fraction of sp³-hybridized carbons (Fsp3) is 0.250. The van der Waals surface area contributed by atoms with E-state index in [1.165, 1.54) is 7.11 Å². The Morgan fingerprint density at radius 3 is 2.44 bits per heavy atom. The summed E-state index contributed by atoms with van der Waals surface area (Å²) in [6.07, 6.45) is 0.647. The predicted molar refractivity (Wildman–Crippen MR) is 97.5 cm³/mol. The molecule has 0 spiro atoms. The van der Waals surface area contributed by atoms with Gasteiger partial charge in [0, 0.05) is 16.7 Å². The van der Waals surface area contributed by atoms with Crippen LogP contribution in [0.4, 0.5) is 0 Å². The van der Waals surface area contributed by atoms with E-state index in [2.05, 4.69) is 11.8 Å². The average Bonchev–Trinajstić information content (AvgIpc) is 2.65. The maximum absolute atomic E-state index is 12.4. The van der Waals surface area contributed by atoms with Crippen molar-refractivity contribution < 1.29 is 19.0 Å². The molecule has 0 saturated heterocycles. The van der Waals surface area contributed by atoms with Gasteiger partial charge in [0.1, 0.15) is 17.1 Å². The van der Waals surface area contributed by atoms with Gasteiger partial charge in [0.05, 0.1) is 14.2 Å². The van der Waals surface area contributed by atoms with Crippen LogP contribution in [0.1, 0.15) is 28.4 Å². The summed E-state index contributed by atoms with van der Waals surface area (Å²) in [4.78, 5) is 12.4. The summed E-state index contributed by atoms with van der Waals surface area (Å²) in [5.41, 5.74) is 2.00. The minimum atomic E-state index is -0.471. The Labute approximate surface area is 152 Å². The molecule has 0 aliphatic carbocycles. The lowest BCUT2D eigenvalue weighted by molar-refractivity contribution is 0.0551. The minimum absolute atomic E-state index is 0.0141. The SMILES string of the molecule is CCc1cc(OC)cc(OC)c1C(=O)OCC#Cc1ccc(Cl)cc1. The predicted octanol–water partition coefficient (Wildman–Crippen LogP) is 4.13. The molecule has 0 saturated carbocycles. The van der Waals surface area contributed by atoms with Crippen molar-refractivity contribution in [1.29, 1.82) is 0 Å². The maximum Gasteiger partial charge on any atom is 0.343 e. The highest BCUT2D eigenvalue weighted by Crippen LogP contribution is 2.29. The number of halogens is 1. The first-order valence-electron chi connectivity index (χ1n) is 7.75. The van der Waals surface area contributed by atoms with Gasteiger partial charge in [-0.15, -0.1) is 0 Å². The van der Waals surface area contributed by atoms with Gasteiger partial charge in [0.2, 0.25) is 0 Å². The van der Waals surface area contributed by atoms with Crippen molar-refractivity contribution in [3.05, 3.63) is 58.1 Å². The molecule has 2 rings (SSSR count). The first kappa shape index (κ1) is 18.7. The number of esters is 1. The first-order chi connectivity index (χ1) is 12.1. The van der Waals surface area contributed by atoms with Crippen LogP contribution in [0.5, 0.6) is 11.5 Å². The van der Waals surface area contributed by atoms with E-state index in [4.69, 9.17) is 25.8 Å². The summed E-state index contributed by atoms with van der Waals surface area (Å²) in [6, 6.07) is 10.6. The van der Waals surface area contributed by atoms with Crippen LogP contribution in [0.15, 0.2) is 36.4 Å². The topological polar surface area (TPSA) is 44.8 Å². The quantitative estimate of drug-likeness (QED) is 0.595. The van der Waals surface area contributed by atoms with Gasteiger partial charge in [-0.1, -0.05) is 30.4 Å². The lowest BCUT2D eigenvalue weighted by Gasteiger charge is -2.13. The molecular formula is C20H19ClO4. The van der Waals surface area contributed by atoms with E-state index in [1.807, 2.05) is 6.92 Å². The highest BCUT2D eigenvalue weighted by Gasteiger charge is 2.19. The van der Waals surface area contributed by atoms with Crippen molar-refractivity contribution in [2.75, 3.05) is 20.8 Å². The zero-order chi connectivity index (χ0) is 18.2. The Hall–Kier alpha value is -2.64. The summed E-state index contributed by atoms with van der Waals surface area (Å²) in [6.45, 7) is 1.94. The lowest BCUT2D eigenvalue weighted by atomic mass is 10.0. The van der Waals surface area contributed by atoms with Crippen LogP contribution in [-0.4, -0.2) is 26.8 Å². The number of carbonyl (C=O) groups excluding carboxylic acids is 1. The molecule has 0 N–H and O–H groups in total. The second kappa shape index (κ2) is 9.00. The van der Waals surface area contributed by atoms with E-state index in [9.17, 15) is 4.79 Å². The third kappa shape index (κ3) is 4.91. The van der Waals surface area contributed by atoms with E-state index in [-0.39, 0.29) is 6.61 Å². The van der Waals surface area contributed by atoms with Gasteiger partial charge in [-0.3, -0.25) is 0 Å². The first-order valence-corrected chi connectivity index (χ1v) is 8.13. The van der Waals surface area contributed by atoms with Crippen LogP contribution in [0.25, 0.3) is 0 Å². The maximum atomic E-state index is 12.4. The van der Waals surface area contributed by atoms with Gasteiger partial charge >= 0.3 is 5.97 Å². The molecule has 0 amide bonds. The van der Waals surface area contributed by atoms with E-state index in [0.717, 1.165) is 11.1 Å². The Bertz CT molecular complexity index is 776. The number of carbonyl (C=O) groups is 1. The molecule has 0 radical (unpaired) electrons. The van der Waals surface area contributed by atoms with Crippen LogP contribution in [0.3, 0.4) is 0 Å². The van der Waals surface area contributed by atoms with Crippen molar-refractivity contribution in [2.24, 2.45) is 0 Å². The highest BCUT2D eigenvalue weighted by molar-refractivity contribution is 6.30. The van der Waals surface area contributed by atoms with Crippen molar-refractivity contribution >= 4 is 17.6 Å². The molecule has 0 bridgehead atoms. The van der Waals surface area contributed by atoms with Crippen LogP contribution in [-0.2, 0) is 11.2 Å². The van der Waals surface area contributed by atoms with E-state index in [0.29, 0.717) is 28.5 Å². The van der Waals surface area contributed by atoms with E-state index in [1.54, 1.807) is 43.5 Å². The smallest absolute Gasteiger partial charge is 0.343 e. The van der Waals surface area contributed by atoms with Gasteiger partial charge in [-0.05, 0) is 42.3 Å². The van der Waals surface area contributed by atoms with Crippen LogP contribution in [0.2, 0.25) is 5.02 Å². The van der Waals surface area contributed by atoms with Crippen molar-refractivity contribution in [3.63, 3.8) is 0 Å². The zero-order valence-electron chi connectivity index (χ0n) is 14.4. The molecule has 4 nitrogen and oxygen atoms in total. The van der Waals surface area contributed by atoms with Crippen LogP contribution in [0, 0.1) is 11.8 Å². The van der Waals surface area contributed by atoms with Crippen molar-refractivity contribution in [1.82, 2.24) is 0 Å². The molecule has 2 aromatic rings. The molecule has 5 heteroatoms. The largest absolute Gasteiger partial charge is 0.497 e. The standard InChI is InChI=1S/C20H19ClO4/c1-4-15-12-17(23-2)13-18(24-3)19(15)20(22)25-11-5-6-14-7-9-16(21)10-8-14/h7-10,12-13H,4,11H2,1-3H3. The molecule has 2 aromatic carbocycles. The number of hydrogen-bond donors (Lipinski definition) is 0. The van der Waals surface area contributed by atoms with Gasteiger partial charge in [0.15, 0.2) is 6.61 Å². The number of aryl methyl sites for hydroxylation is 1. The molecule has 0 heterocycles. The van der Waals surface area contributed by atoms with Crippen molar-refractivity contribution in [3.8, 4) is 23.3 Å². The number of methoxy groups -OCH3 is 2. The van der Waals surface area contributed by atoms with E-state index >= 15 is 0 Å². The fourth-order valence-corrected chi connectivity index (χ4v) is 2.41. The number of ether oxygens (including phenoxy) is 3. The molecule has 0 aromatic heterocycles. The number of rotatable bonds is 5. The molecular weight excluding hydrogens is 340 g/mol. The van der Waals surface area contributed by atoms with Gasteiger partial charge in [-0.25, -0.2) is 4.79 Å². The fourth-order valence-electron chi connectivity index (χ4n) is 2.28. The summed E-state index contributed by atoms with van der Waals surface area (Å²) in [5, 5.41) is 0.649. The number of benzene rings is 2. The van der Waals surface area contributed by atoms with Gasteiger partial charge in [-0.2, -0.15) is 0 Å². The Morgan fingerprint density at radius 2 is 1.84 bits per heavy atom. The third-order valence-corrected chi connectivity index (χ3v) is 3.80. The molecule has 130 valence electrons. The Kier molecular flexibility index (Phi) is 6.73. The lowest BCUT2D eigenvalue weighted by Crippen LogP contribution is -2.11. The summed E-state index contributed by atoms with van der Waals surface area (Å²) in [5.74, 6) is 6.32. The minimum Gasteiger partial charge on any atom is -0.497 e. The molecule has 0 aliphatic heterocycles. The normalized spacial score (nSPS) is 9.76. The summed E-state index contributed by atoms with van der Waals surface area (Å²) >= 11 is 5.82. The Balaban J connectivity index is 2.12. The van der Waals surface area contributed by atoms with Gasteiger partial charge in [0.25, 0.3) is 0 Å². The monoisotopic (exact) mass is 358 g/mol. The average molecular weight is 359 g/mol. The summed E-state index contributed by atoms with van der Waals surface area (Å²) < 4.78 is 15.8. The molecule has 0 fully saturated rings. The highest BCUT2D eigenvalue weighted by atomic mass is 35.5. The van der Waals surface area contributed by atoms with Gasteiger partial charge < -0.3 is 14.2 Å². The second-order valence-corrected chi connectivity index (χ2v) is 5.54. The van der Waals surface area contributed by atoms with E-state index < -0.39 is 5.97 Å².